The van der Waals surface area contributed by atoms with Crippen LogP contribution in [0.25, 0.3) is 4.96 Å². The van der Waals surface area contributed by atoms with Gasteiger partial charge < -0.3 is 0 Å². The molecule has 0 aliphatic heterocycles. The average Bonchev–Trinajstić information content (AvgIpc) is 2.81. The van der Waals surface area contributed by atoms with E-state index >= 15 is 0 Å². The summed E-state index contributed by atoms with van der Waals surface area (Å²) >= 11 is 7.80. The second-order valence-electron chi connectivity index (χ2n) is 4.31. The van der Waals surface area contributed by atoms with Crippen LogP contribution < -0.4 is 0 Å². The number of alkyl halides is 1. The molecule has 0 radical (unpaired) electrons. The zero-order valence-corrected chi connectivity index (χ0v) is 9.97. The summed E-state index contributed by atoms with van der Waals surface area (Å²) in [6.45, 7) is 0. The Labute approximate surface area is 97.9 Å². The third-order valence-corrected chi connectivity index (χ3v) is 4.29. The Morgan fingerprint density at radius 2 is 2.47 bits per heavy atom. The highest BCUT2D eigenvalue weighted by Gasteiger charge is 2.23. The van der Waals surface area contributed by atoms with Gasteiger partial charge in [0, 0.05) is 23.2 Å². The molecular formula is C11H13ClN2S. The zero-order chi connectivity index (χ0) is 10.3. The minimum absolute atomic E-state index is 0.402. The molecule has 1 fully saturated rings. The van der Waals surface area contributed by atoms with Gasteiger partial charge in [0.25, 0.3) is 0 Å². The fourth-order valence-corrected chi connectivity index (χ4v) is 3.47. The number of nitrogens with zero attached hydrogens (tertiary/aromatic N) is 2. The van der Waals surface area contributed by atoms with Gasteiger partial charge in [0.1, 0.15) is 0 Å². The minimum Gasteiger partial charge on any atom is -0.297 e. The molecule has 0 aromatic carbocycles. The van der Waals surface area contributed by atoms with E-state index in [1.165, 1.54) is 18.5 Å². The predicted molar refractivity (Wildman–Crippen MR) is 63.8 cm³/mol. The number of aromatic nitrogens is 2. The molecule has 3 rings (SSSR count). The summed E-state index contributed by atoms with van der Waals surface area (Å²) in [6, 6.07) is 0. The number of hydrogen-bond donors (Lipinski definition) is 0. The molecule has 2 aromatic heterocycles. The zero-order valence-electron chi connectivity index (χ0n) is 8.40. The van der Waals surface area contributed by atoms with Crippen LogP contribution in [0.3, 0.4) is 0 Å². The maximum Gasteiger partial charge on any atom is 0.193 e. The normalized spacial score (nSPS) is 26.5. The molecular weight excluding hydrogens is 228 g/mol. The van der Waals surface area contributed by atoms with Crippen LogP contribution in [0.5, 0.6) is 0 Å². The molecule has 2 heterocycles. The first-order valence-corrected chi connectivity index (χ1v) is 6.68. The van der Waals surface area contributed by atoms with Gasteiger partial charge in [0.2, 0.25) is 0 Å². The van der Waals surface area contributed by atoms with Crippen molar-refractivity contribution in [1.29, 1.82) is 0 Å². The Kier molecular flexibility index (Phi) is 2.45. The molecule has 0 amide bonds. The van der Waals surface area contributed by atoms with Gasteiger partial charge in [-0.25, -0.2) is 4.98 Å². The fourth-order valence-electron chi connectivity index (χ4n) is 2.37. The summed E-state index contributed by atoms with van der Waals surface area (Å²) < 4.78 is 2.10. The van der Waals surface area contributed by atoms with E-state index < -0.39 is 0 Å². The van der Waals surface area contributed by atoms with Crippen LogP contribution in [0.2, 0.25) is 0 Å². The van der Waals surface area contributed by atoms with Crippen molar-refractivity contribution in [2.45, 2.75) is 31.1 Å². The van der Waals surface area contributed by atoms with E-state index in [4.69, 9.17) is 11.6 Å². The molecule has 2 atom stereocenters. The van der Waals surface area contributed by atoms with Crippen LogP contribution in [-0.2, 0) is 6.42 Å². The van der Waals surface area contributed by atoms with E-state index in [0.717, 1.165) is 23.7 Å². The lowest BCUT2D eigenvalue weighted by Crippen LogP contribution is -2.00. The van der Waals surface area contributed by atoms with Crippen molar-refractivity contribution >= 4 is 27.9 Å². The van der Waals surface area contributed by atoms with Crippen LogP contribution in [0.15, 0.2) is 17.8 Å². The van der Waals surface area contributed by atoms with E-state index in [2.05, 4.69) is 27.2 Å². The Bertz CT molecular complexity index is 433. The Hall–Kier alpha value is -0.540. The molecule has 0 spiro atoms. The van der Waals surface area contributed by atoms with Crippen molar-refractivity contribution in [3.63, 3.8) is 0 Å². The van der Waals surface area contributed by atoms with Crippen molar-refractivity contribution in [2.24, 2.45) is 5.92 Å². The SMILES string of the molecule is ClC1CCC(Cc2cn3ccsc3n2)C1. The first kappa shape index (κ1) is 9.67. The number of rotatable bonds is 2. The molecule has 80 valence electrons. The quantitative estimate of drug-likeness (QED) is 0.736. The van der Waals surface area contributed by atoms with Crippen LogP contribution in [0.4, 0.5) is 0 Å². The first-order valence-electron chi connectivity index (χ1n) is 5.36. The number of imidazole rings is 1. The van der Waals surface area contributed by atoms with Gasteiger partial charge in [-0.1, -0.05) is 0 Å². The largest absolute Gasteiger partial charge is 0.297 e. The number of fused-ring (bicyclic) bond motifs is 1. The van der Waals surface area contributed by atoms with Gasteiger partial charge in [0.05, 0.1) is 5.69 Å². The van der Waals surface area contributed by atoms with Crippen LogP contribution >= 0.6 is 22.9 Å². The van der Waals surface area contributed by atoms with E-state index in [1.54, 1.807) is 11.3 Å². The average molecular weight is 241 g/mol. The standard InChI is InChI=1S/C11H13ClN2S/c12-9-2-1-8(5-9)6-10-7-14-3-4-15-11(14)13-10/h3-4,7-9H,1-2,5-6H2. The lowest BCUT2D eigenvalue weighted by Gasteiger charge is -2.05. The van der Waals surface area contributed by atoms with Gasteiger partial charge >= 0.3 is 0 Å². The second-order valence-corrected chi connectivity index (χ2v) is 5.80. The van der Waals surface area contributed by atoms with E-state index in [-0.39, 0.29) is 0 Å². The summed E-state index contributed by atoms with van der Waals surface area (Å²) in [5.74, 6) is 0.747. The van der Waals surface area contributed by atoms with E-state index in [9.17, 15) is 0 Å². The third kappa shape index (κ3) is 1.91. The topological polar surface area (TPSA) is 17.3 Å². The van der Waals surface area contributed by atoms with Gasteiger partial charge in [-0.2, -0.15) is 0 Å². The number of thiazole rings is 1. The highest BCUT2D eigenvalue weighted by Crippen LogP contribution is 2.31. The summed E-state index contributed by atoms with van der Waals surface area (Å²) in [4.78, 5) is 5.70. The molecule has 1 aliphatic carbocycles. The first-order chi connectivity index (χ1) is 7.31. The molecule has 1 saturated carbocycles. The van der Waals surface area contributed by atoms with E-state index in [1.807, 2.05) is 0 Å². The molecule has 0 bridgehead atoms. The fraction of sp³-hybridized carbons (Fsp3) is 0.545. The molecule has 0 saturated heterocycles. The number of hydrogen-bond acceptors (Lipinski definition) is 2. The van der Waals surface area contributed by atoms with Crippen molar-refractivity contribution < 1.29 is 0 Å². The number of halogens is 1. The lowest BCUT2D eigenvalue weighted by atomic mass is 10.0. The summed E-state index contributed by atoms with van der Waals surface area (Å²) in [6.07, 6.45) is 8.90. The van der Waals surface area contributed by atoms with Crippen molar-refractivity contribution in [1.82, 2.24) is 9.38 Å². The molecule has 2 aromatic rings. The van der Waals surface area contributed by atoms with E-state index in [0.29, 0.717) is 5.38 Å². The molecule has 2 nitrogen and oxygen atoms in total. The van der Waals surface area contributed by atoms with Gasteiger partial charge in [-0.15, -0.1) is 22.9 Å². The Morgan fingerprint density at radius 3 is 3.20 bits per heavy atom. The molecule has 1 aliphatic rings. The van der Waals surface area contributed by atoms with Crippen LogP contribution in [-0.4, -0.2) is 14.8 Å². The van der Waals surface area contributed by atoms with Crippen molar-refractivity contribution in [3.05, 3.63) is 23.5 Å². The van der Waals surface area contributed by atoms with Crippen molar-refractivity contribution in [3.8, 4) is 0 Å². The van der Waals surface area contributed by atoms with Gasteiger partial charge in [0.15, 0.2) is 4.96 Å². The predicted octanol–water partition coefficient (Wildman–Crippen LogP) is 3.35. The molecule has 4 heteroatoms. The summed E-state index contributed by atoms with van der Waals surface area (Å²) in [5, 5.41) is 2.47. The van der Waals surface area contributed by atoms with Crippen LogP contribution in [0, 0.1) is 5.92 Å². The smallest absolute Gasteiger partial charge is 0.193 e. The minimum atomic E-state index is 0.402. The molecule has 15 heavy (non-hydrogen) atoms. The third-order valence-electron chi connectivity index (χ3n) is 3.12. The monoisotopic (exact) mass is 240 g/mol. The van der Waals surface area contributed by atoms with Gasteiger partial charge in [-0.3, -0.25) is 4.40 Å². The maximum absolute atomic E-state index is 6.11. The molecule has 2 unspecified atom stereocenters. The Balaban J connectivity index is 1.75. The summed E-state index contributed by atoms with van der Waals surface area (Å²) in [7, 11) is 0. The lowest BCUT2D eigenvalue weighted by molar-refractivity contribution is 0.541. The highest BCUT2D eigenvalue weighted by molar-refractivity contribution is 7.15. The second kappa shape index (κ2) is 3.80. The highest BCUT2D eigenvalue weighted by atomic mass is 35.5. The maximum atomic E-state index is 6.11. The van der Waals surface area contributed by atoms with Crippen molar-refractivity contribution in [2.75, 3.05) is 0 Å². The van der Waals surface area contributed by atoms with Gasteiger partial charge in [-0.05, 0) is 31.6 Å². The summed E-state index contributed by atoms with van der Waals surface area (Å²) in [5.41, 5.74) is 1.22. The Morgan fingerprint density at radius 1 is 1.53 bits per heavy atom. The van der Waals surface area contributed by atoms with Crippen LogP contribution in [0.1, 0.15) is 25.0 Å². The molecule has 0 N–H and O–H groups in total.